The van der Waals surface area contributed by atoms with Gasteiger partial charge in [0.1, 0.15) is 21.6 Å². The summed E-state index contributed by atoms with van der Waals surface area (Å²) in [5, 5.41) is 6.69. The molecule has 39 heavy (non-hydrogen) atoms. The number of nitrogens with one attached hydrogen (secondary N) is 2. The van der Waals surface area contributed by atoms with Crippen LogP contribution in [0.1, 0.15) is 34.5 Å². The van der Waals surface area contributed by atoms with E-state index in [1.165, 1.54) is 17.4 Å². The number of amides is 4. The van der Waals surface area contributed by atoms with Crippen LogP contribution >= 0.6 is 11.3 Å². The van der Waals surface area contributed by atoms with Gasteiger partial charge < -0.3 is 25.0 Å². The highest BCUT2D eigenvalue weighted by atomic mass is 32.1. The summed E-state index contributed by atoms with van der Waals surface area (Å²) in [6.45, 7) is 7.86. The predicted molar refractivity (Wildman–Crippen MR) is 149 cm³/mol. The van der Waals surface area contributed by atoms with Crippen molar-refractivity contribution in [2.75, 3.05) is 36.5 Å². The van der Waals surface area contributed by atoms with Crippen molar-refractivity contribution in [1.82, 2.24) is 15.2 Å². The van der Waals surface area contributed by atoms with Crippen LogP contribution in [0.15, 0.2) is 43.1 Å². The van der Waals surface area contributed by atoms with Gasteiger partial charge in [0.25, 0.3) is 5.91 Å². The molecule has 3 aromatic rings. The van der Waals surface area contributed by atoms with E-state index in [9.17, 15) is 14.4 Å². The molecule has 11 heteroatoms. The SMILES string of the molecule is C=CC(=O)N1CC[C@@H](NC(=O)c2sc3nccc4c3c2NC(=O)N4c2ccc(OC3CCOCC3)cc2C)C1. The molecule has 6 rings (SSSR count). The third-order valence-electron chi connectivity index (χ3n) is 7.34. The summed E-state index contributed by atoms with van der Waals surface area (Å²) in [6.07, 6.45) is 5.42. The zero-order valence-corrected chi connectivity index (χ0v) is 22.4. The molecule has 0 spiro atoms. The summed E-state index contributed by atoms with van der Waals surface area (Å²) in [5.41, 5.74) is 2.74. The lowest BCUT2D eigenvalue weighted by atomic mass is 10.1. The minimum absolute atomic E-state index is 0.120. The van der Waals surface area contributed by atoms with E-state index < -0.39 is 0 Å². The Kier molecular flexibility index (Phi) is 6.69. The van der Waals surface area contributed by atoms with Crippen molar-refractivity contribution in [3.8, 4) is 5.75 Å². The molecule has 2 fully saturated rings. The summed E-state index contributed by atoms with van der Waals surface area (Å²) in [6, 6.07) is 6.98. The van der Waals surface area contributed by atoms with Gasteiger partial charge in [0.15, 0.2) is 0 Å². The maximum absolute atomic E-state index is 13.5. The first-order valence-electron chi connectivity index (χ1n) is 13.0. The second-order valence-corrected chi connectivity index (χ2v) is 10.9. The maximum Gasteiger partial charge on any atom is 0.331 e. The van der Waals surface area contributed by atoms with Gasteiger partial charge in [0, 0.05) is 38.2 Å². The summed E-state index contributed by atoms with van der Waals surface area (Å²) in [5.74, 6) is 0.315. The van der Waals surface area contributed by atoms with Gasteiger partial charge in [-0.1, -0.05) is 6.58 Å². The number of carbonyl (C=O) groups is 3. The van der Waals surface area contributed by atoms with Crippen LogP contribution in [0, 0.1) is 6.92 Å². The third kappa shape index (κ3) is 4.72. The van der Waals surface area contributed by atoms with Gasteiger partial charge >= 0.3 is 6.03 Å². The minimum atomic E-state index is -0.354. The standard InChI is InChI=1S/C28H29N5O5S/c1-3-22(34)32-11-7-17(15-32)30-26(35)25-24-23-21(6-10-29-27(23)39-25)33(28(36)31-24)20-5-4-19(14-16(20)2)38-18-8-12-37-13-9-18/h3-6,10,14,17-18H,1,7-9,11-13,15H2,2H3,(H,30,35)(H,31,36)/t17-/m1/s1. The number of pyridine rings is 1. The first-order chi connectivity index (χ1) is 18.9. The van der Waals surface area contributed by atoms with Gasteiger partial charge in [-0.05, 0) is 49.2 Å². The van der Waals surface area contributed by atoms with Crippen molar-refractivity contribution in [2.24, 2.45) is 0 Å². The molecule has 1 atom stereocenters. The first kappa shape index (κ1) is 25.3. The monoisotopic (exact) mass is 547 g/mol. The first-order valence-corrected chi connectivity index (χ1v) is 13.8. The number of hydrogen-bond acceptors (Lipinski definition) is 7. The summed E-state index contributed by atoms with van der Waals surface area (Å²) < 4.78 is 11.6. The number of urea groups is 1. The highest BCUT2D eigenvalue weighted by Gasteiger charge is 2.34. The van der Waals surface area contributed by atoms with E-state index in [-0.39, 0.29) is 30.0 Å². The number of aromatic nitrogens is 1. The van der Waals surface area contributed by atoms with Crippen LogP contribution in [0.2, 0.25) is 0 Å². The van der Waals surface area contributed by atoms with E-state index >= 15 is 0 Å². The Hall–Kier alpha value is -3.96. The van der Waals surface area contributed by atoms with Gasteiger partial charge in [-0.15, -0.1) is 11.3 Å². The van der Waals surface area contributed by atoms with Crippen molar-refractivity contribution in [3.63, 3.8) is 0 Å². The Balaban J connectivity index is 1.27. The van der Waals surface area contributed by atoms with Crippen LogP contribution < -0.4 is 20.3 Å². The maximum atomic E-state index is 13.5. The molecule has 0 radical (unpaired) electrons. The molecule has 0 aliphatic carbocycles. The highest BCUT2D eigenvalue weighted by molar-refractivity contribution is 7.21. The lowest BCUT2D eigenvalue weighted by molar-refractivity contribution is -0.125. The number of ether oxygens (including phenoxy) is 2. The molecule has 1 aromatic carbocycles. The van der Waals surface area contributed by atoms with Crippen LogP contribution in [0.5, 0.6) is 5.75 Å². The van der Waals surface area contributed by atoms with Crippen LogP contribution in [0.25, 0.3) is 10.2 Å². The highest BCUT2D eigenvalue weighted by Crippen LogP contribution is 2.46. The van der Waals surface area contributed by atoms with Crippen LogP contribution in [-0.4, -0.2) is 66.2 Å². The Labute approximate surface area is 229 Å². The molecule has 2 saturated heterocycles. The molecule has 0 bridgehead atoms. The topological polar surface area (TPSA) is 113 Å². The molecule has 0 unspecified atom stereocenters. The summed E-state index contributed by atoms with van der Waals surface area (Å²) >= 11 is 1.24. The van der Waals surface area contributed by atoms with Crippen molar-refractivity contribution < 1.29 is 23.9 Å². The van der Waals surface area contributed by atoms with Crippen molar-refractivity contribution in [3.05, 3.63) is 53.6 Å². The van der Waals surface area contributed by atoms with Gasteiger partial charge in [-0.2, -0.15) is 0 Å². The lowest BCUT2D eigenvalue weighted by Crippen LogP contribution is -2.39. The fraction of sp³-hybridized carbons (Fsp3) is 0.357. The van der Waals surface area contributed by atoms with E-state index in [0.29, 0.717) is 53.8 Å². The average Bonchev–Trinajstić information content (AvgIpc) is 3.55. The van der Waals surface area contributed by atoms with Crippen LogP contribution in [-0.2, 0) is 9.53 Å². The fourth-order valence-corrected chi connectivity index (χ4v) is 6.40. The van der Waals surface area contributed by atoms with Gasteiger partial charge in [-0.3, -0.25) is 14.5 Å². The lowest BCUT2D eigenvalue weighted by Gasteiger charge is -2.30. The normalized spacial score (nSPS) is 19.2. The molecule has 2 N–H and O–H groups in total. The number of benzene rings is 1. The zero-order chi connectivity index (χ0) is 27.1. The van der Waals surface area contributed by atoms with Crippen molar-refractivity contribution in [1.29, 1.82) is 0 Å². The second-order valence-electron chi connectivity index (χ2n) is 9.91. The predicted octanol–water partition coefficient (Wildman–Crippen LogP) is 4.36. The molecule has 4 amide bonds. The number of rotatable bonds is 6. The number of aryl methyl sites for hydroxylation is 1. The number of thiophene rings is 1. The molecule has 3 aliphatic rings. The van der Waals surface area contributed by atoms with Crippen LogP contribution in [0.3, 0.4) is 0 Å². The number of anilines is 3. The van der Waals surface area contributed by atoms with E-state index in [1.807, 2.05) is 25.1 Å². The van der Waals surface area contributed by atoms with E-state index in [2.05, 4.69) is 22.2 Å². The molecule has 2 aromatic heterocycles. The van der Waals surface area contributed by atoms with Crippen molar-refractivity contribution >= 4 is 56.5 Å². The van der Waals surface area contributed by atoms with E-state index in [0.717, 1.165) is 35.2 Å². The quantitative estimate of drug-likeness (QED) is 0.444. The smallest absolute Gasteiger partial charge is 0.331 e. The number of likely N-dealkylation sites (tertiary alicyclic amines) is 1. The number of nitrogens with zero attached hydrogens (tertiary/aromatic N) is 3. The molecule has 5 heterocycles. The third-order valence-corrected chi connectivity index (χ3v) is 8.44. The average molecular weight is 548 g/mol. The Morgan fingerprint density at radius 2 is 2.05 bits per heavy atom. The summed E-state index contributed by atoms with van der Waals surface area (Å²) in [4.78, 5) is 47.5. The van der Waals surface area contributed by atoms with Crippen molar-refractivity contribution in [2.45, 2.75) is 38.3 Å². The Morgan fingerprint density at radius 3 is 2.82 bits per heavy atom. The molecule has 0 saturated carbocycles. The fourth-order valence-electron chi connectivity index (χ4n) is 5.38. The largest absolute Gasteiger partial charge is 0.490 e. The van der Waals surface area contributed by atoms with E-state index in [4.69, 9.17) is 9.47 Å². The second kappa shape index (κ2) is 10.3. The van der Waals surface area contributed by atoms with Gasteiger partial charge in [-0.25, -0.2) is 9.78 Å². The van der Waals surface area contributed by atoms with Crippen LogP contribution in [0.4, 0.5) is 21.9 Å². The van der Waals surface area contributed by atoms with E-state index in [1.54, 1.807) is 22.1 Å². The number of hydrogen-bond donors (Lipinski definition) is 2. The molecule has 3 aliphatic heterocycles. The molecule has 10 nitrogen and oxygen atoms in total. The zero-order valence-electron chi connectivity index (χ0n) is 21.6. The Bertz CT molecular complexity index is 1480. The molecule has 202 valence electrons. The summed E-state index contributed by atoms with van der Waals surface area (Å²) in [7, 11) is 0. The van der Waals surface area contributed by atoms with Gasteiger partial charge in [0.05, 0.1) is 35.7 Å². The van der Waals surface area contributed by atoms with Gasteiger partial charge in [0.2, 0.25) is 5.91 Å². The molecular formula is C28H29N5O5S. The Morgan fingerprint density at radius 1 is 1.23 bits per heavy atom. The number of carbonyl (C=O) groups excluding carboxylic acids is 3. The minimum Gasteiger partial charge on any atom is -0.490 e. The molecular weight excluding hydrogens is 518 g/mol.